The van der Waals surface area contributed by atoms with Crippen LogP contribution in [0.2, 0.25) is 0 Å². The quantitative estimate of drug-likeness (QED) is 0.601. The van der Waals surface area contributed by atoms with Gasteiger partial charge in [-0.25, -0.2) is 4.98 Å². The topological polar surface area (TPSA) is 64.6 Å². The van der Waals surface area contributed by atoms with E-state index in [-0.39, 0.29) is 11.9 Å². The van der Waals surface area contributed by atoms with Gasteiger partial charge < -0.3 is 14.4 Å². The maximum absolute atomic E-state index is 12.9. The molecule has 29 heavy (non-hydrogen) atoms. The molecule has 0 bridgehead atoms. The number of benzene rings is 1. The highest BCUT2D eigenvalue weighted by Gasteiger charge is 2.34. The van der Waals surface area contributed by atoms with Gasteiger partial charge >= 0.3 is 0 Å². The molecule has 1 unspecified atom stereocenters. The second kappa shape index (κ2) is 8.61. The third-order valence-corrected chi connectivity index (χ3v) is 6.10. The number of likely N-dealkylation sites (tertiary alicyclic amines) is 1. The molecule has 7 heteroatoms. The number of rotatable bonds is 6. The lowest BCUT2D eigenvalue weighted by Crippen LogP contribution is -2.38. The smallest absolute Gasteiger partial charge is 0.223 e. The summed E-state index contributed by atoms with van der Waals surface area (Å²) in [6, 6.07) is 9.95. The lowest BCUT2D eigenvalue weighted by molar-refractivity contribution is -0.137. The predicted octanol–water partition coefficient (Wildman–Crippen LogP) is 4.48. The molecule has 0 N–H and O–H groups in total. The van der Waals surface area contributed by atoms with Crippen LogP contribution in [0.3, 0.4) is 0 Å². The molecule has 1 atom stereocenters. The number of hydrogen-bond acceptors (Lipinski definition) is 6. The Morgan fingerprint density at radius 3 is 2.55 bits per heavy atom. The van der Waals surface area contributed by atoms with Crippen molar-refractivity contribution in [1.82, 2.24) is 14.9 Å². The Bertz CT molecular complexity index is 968. The number of piperidine rings is 1. The monoisotopic (exact) mass is 409 g/mol. The molecule has 2 aromatic heterocycles. The van der Waals surface area contributed by atoms with E-state index in [1.807, 2.05) is 40.6 Å². The maximum atomic E-state index is 12.9. The summed E-state index contributed by atoms with van der Waals surface area (Å²) in [5.74, 6) is 1.39. The zero-order valence-electron chi connectivity index (χ0n) is 16.5. The van der Waals surface area contributed by atoms with Gasteiger partial charge in [-0.15, -0.1) is 11.3 Å². The molecule has 1 aliphatic heterocycles. The fraction of sp³-hybridized carbons (Fsp3) is 0.318. The number of amides is 1. The second-order valence-corrected chi connectivity index (χ2v) is 7.76. The molecule has 1 amide bonds. The number of aromatic nitrogens is 2. The third-order valence-electron chi connectivity index (χ3n) is 5.16. The summed E-state index contributed by atoms with van der Waals surface area (Å²) < 4.78 is 11.1. The molecule has 1 aromatic carbocycles. The molecule has 0 radical (unpaired) electrons. The van der Waals surface area contributed by atoms with Gasteiger partial charge in [-0.05, 0) is 12.8 Å². The first-order valence-electron chi connectivity index (χ1n) is 9.56. The number of thiazole rings is 1. The number of methoxy groups -OCH3 is 2. The van der Waals surface area contributed by atoms with Crippen LogP contribution in [0.15, 0.2) is 48.1 Å². The van der Waals surface area contributed by atoms with Crippen LogP contribution in [0.25, 0.3) is 10.6 Å². The molecule has 150 valence electrons. The van der Waals surface area contributed by atoms with E-state index in [1.165, 1.54) is 0 Å². The summed E-state index contributed by atoms with van der Waals surface area (Å²) in [5, 5.41) is 2.99. The van der Waals surface area contributed by atoms with Crippen molar-refractivity contribution in [2.45, 2.75) is 31.8 Å². The van der Waals surface area contributed by atoms with Gasteiger partial charge in [0.1, 0.15) is 16.5 Å². The lowest BCUT2D eigenvalue weighted by atomic mass is 9.94. The summed E-state index contributed by atoms with van der Waals surface area (Å²) in [4.78, 5) is 23.7. The van der Waals surface area contributed by atoms with Gasteiger partial charge in [0.15, 0.2) is 0 Å². The SMILES string of the molecule is COc1cncc(OC)c1C1CCCC(=O)N1Cc1csc(-c2ccccc2)n1. The Morgan fingerprint density at radius 2 is 1.86 bits per heavy atom. The Morgan fingerprint density at radius 1 is 1.14 bits per heavy atom. The second-order valence-electron chi connectivity index (χ2n) is 6.90. The normalized spacial score (nSPS) is 16.7. The average Bonchev–Trinajstić information content (AvgIpc) is 3.24. The van der Waals surface area contributed by atoms with Gasteiger partial charge in [0.25, 0.3) is 0 Å². The Hall–Kier alpha value is -2.93. The molecule has 0 saturated carbocycles. The van der Waals surface area contributed by atoms with E-state index >= 15 is 0 Å². The van der Waals surface area contributed by atoms with Gasteiger partial charge in [0.05, 0.1) is 50.5 Å². The zero-order valence-corrected chi connectivity index (χ0v) is 17.3. The minimum absolute atomic E-state index is 0.122. The molecule has 3 aromatic rings. The van der Waals surface area contributed by atoms with Crippen LogP contribution in [0.1, 0.15) is 36.6 Å². The van der Waals surface area contributed by atoms with Gasteiger partial charge in [-0.2, -0.15) is 0 Å². The summed E-state index contributed by atoms with van der Waals surface area (Å²) >= 11 is 1.60. The number of pyridine rings is 1. The van der Waals surface area contributed by atoms with Crippen molar-refractivity contribution in [3.63, 3.8) is 0 Å². The van der Waals surface area contributed by atoms with Gasteiger partial charge in [-0.1, -0.05) is 30.3 Å². The van der Waals surface area contributed by atoms with E-state index in [0.717, 1.165) is 34.7 Å². The van der Waals surface area contributed by atoms with Gasteiger partial charge in [-0.3, -0.25) is 9.78 Å². The Balaban J connectivity index is 1.65. The van der Waals surface area contributed by atoms with Crippen LogP contribution in [0, 0.1) is 0 Å². The first kappa shape index (κ1) is 19.4. The number of carbonyl (C=O) groups is 1. The minimum atomic E-state index is -0.133. The maximum Gasteiger partial charge on any atom is 0.223 e. The Kier molecular flexibility index (Phi) is 5.76. The van der Waals surface area contributed by atoms with E-state index in [4.69, 9.17) is 14.5 Å². The van der Waals surface area contributed by atoms with E-state index in [0.29, 0.717) is 24.5 Å². The summed E-state index contributed by atoms with van der Waals surface area (Å²) in [5.41, 5.74) is 2.85. The fourth-order valence-electron chi connectivity index (χ4n) is 3.77. The van der Waals surface area contributed by atoms with Crippen molar-refractivity contribution in [3.05, 3.63) is 59.4 Å². The molecule has 4 rings (SSSR count). The summed E-state index contributed by atoms with van der Waals surface area (Å²) in [7, 11) is 3.23. The zero-order chi connectivity index (χ0) is 20.2. The van der Waals surface area contributed by atoms with E-state index in [2.05, 4.69) is 4.98 Å². The molecule has 1 saturated heterocycles. The van der Waals surface area contributed by atoms with Crippen LogP contribution in [0.5, 0.6) is 11.5 Å². The van der Waals surface area contributed by atoms with Crippen molar-refractivity contribution < 1.29 is 14.3 Å². The Labute approximate surface area is 174 Å². The highest BCUT2D eigenvalue weighted by Crippen LogP contribution is 2.42. The molecular formula is C22H23N3O3S. The first-order valence-corrected chi connectivity index (χ1v) is 10.4. The molecule has 3 heterocycles. The van der Waals surface area contributed by atoms with E-state index < -0.39 is 0 Å². The van der Waals surface area contributed by atoms with Crippen molar-refractivity contribution >= 4 is 17.2 Å². The standard InChI is InChI=1S/C22H23N3O3S/c1-27-18-11-23-12-19(28-2)21(18)17-9-6-10-20(26)25(17)13-16-14-29-22(24-16)15-7-4-3-5-8-15/h3-5,7-8,11-12,14,17H,6,9-10,13H2,1-2H3. The summed E-state index contributed by atoms with van der Waals surface area (Å²) in [6.07, 6.45) is 5.57. The molecule has 6 nitrogen and oxygen atoms in total. The minimum Gasteiger partial charge on any atom is -0.495 e. The summed E-state index contributed by atoms with van der Waals surface area (Å²) in [6.45, 7) is 0.460. The lowest BCUT2D eigenvalue weighted by Gasteiger charge is -2.36. The largest absolute Gasteiger partial charge is 0.495 e. The fourth-order valence-corrected chi connectivity index (χ4v) is 4.59. The van der Waals surface area contributed by atoms with E-state index in [9.17, 15) is 4.79 Å². The van der Waals surface area contributed by atoms with Crippen LogP contribution in [0.4, 0.5) is 0 Å². The number of nitrogens with zero attached hydrogens (tertiary/aromatic N) is 3. The molecular weight excluding hydrogens is 386 g/mol. The molecule has 0 spiro atoms. The van der Waals surface area contributed by atoms with Crippen molar-refractivity contribution in [2.24, 2.45) is 0 Å². The highest BCUT2D eigenvalue weighted by atomic mass is 32.1. The number of hydrogen-bond donors (Lipinski definition) is 0. The van der Waals surface area contributed by atoms with Crippen LogP contribution in [-0.4, -0.2) is 35.0 Å². The van der Waals surface area contributed by atoms with Crippen LogP contribution < -0.4 is 9.47 Å². The number of carbonyl (C=O) groups excluding carboxylic acids is 1. The number of ether oxygens (including phenoxy) is 2. The predicted molar refractivity (Wildman–Crippen MR) is 112 cm³/mol. The van der Waals surface area contributed by atoms with Gasteiger partial charge in [0, 0.05) is 17.4 Å². The molecule has 0 aliphatic carbocycles. The van der Waals surface area contributed by atoms with Gasteiger partial charge in [0.2, 0.25) is 5.91 Å². The average molecular weight is 410 g/mol. The first-order chi connectivity index (χ1) is 14.2. The van der Waals surface area contributed by atoms with E-state index in [1.54, 1.807) is 38.0 Å². The van der Waals surface area contributed by atoms with Crippen molar-refractivity contribution in [1.29, 1.82) is 0 Å². The molecule has 1 aliphatic rings. The highest BCUT2D eigenvalue weighted by molar-refractivity contribution is 7.13. The van der Waals surface area contributed by atoms with Crippen LogP contribution in [-0.2, 0) is 11.3 Å². The van der Waals surface area contributed by atoms with Crippen molar-refractivity contribution in [2.75, 3.05) is 14.2 Å². The van der Waals surface area contributed by atoms with Crippen LogP contribution >= 0.6 is 11.3 Å². The third kappa shape index (κ3) is 3.96. The molecule has 1 fully saturated rings. The van der Waals surface area contributed by atoms with Crippen molar-refractivity contribution in [3.8, 4) is 22.1 Å².